The third-order valence-electron chi connectivity index (χ3n) is 2.22. The molecule has 1 rings (SSSR count). The number of carboxylic acids is 1. The van der Waals surface area contributed by atoms with Crippen molar-refractivity contribution in [3.8, 4) is 0 Å². The molecule has 0 spiro atoms. The predicted molar refractivity (Wildman–Crippen MR) is 71.8 cm³/mol. The van der Waals surface area contributed by atoms with Gasteiger partial charge in [0.1, 0.15) is 0 Å². The van der Waals surface area contributed by atoms with Crippen LogP contribution in [-0.2, 0) is 16.0 Å². The molecule has 0 heterocycles. The van der Waals surface area contributed by atoms with Gasteiger partial charge in [-0.1, -0.05) is 19.1 Å². The van der Waals surface area contributed by atoms with Gasteiger partial charge in [-0.05, 0) is 24.1 Å². The highest BCUT2D eigenvalue weighted by atomic mass is 32.2. The smallest absolute Gasteiger partial charge is 0.307 e. The molecule has 1 amide bonds. The van der Waals surface area contributed by atoms with E-state index in [-0.39, 0.29) is 12.3 Å². The lowest BCUT2D eigenvalue weighted by Crippen LogP contribution is -2.25. The second-order valence-electron chi connectivity index (χ2n) is 3.85. The van der Waals surface area contributed by atoms with Crippen LogP contribution in [0.25, 0.3) is 0 Å². The second-order valence-corrected chi connectivity index (χ2v) is 4.90. The van der Waals surface area contributed by atoms with Gasteiger partial charge in [-0.2, -0.15) is 0 Å². The molecule has 1 aromatic rings. The Kier molecular flexibility index (Phi) is 6.28. The summed E-state index contributed by atoms with van der Waals surface area (Å²) in [6.45, 7) is 2.71. The van der Waals surface area contributed by atoms with Crippen LogP contribution in [0.1, 0.15) is 18.9 Å². The molecule has 0 unspecified atom stereocenters. The fraction of sp³-hybridized carbons (Fsp3) is 0.385. The van der Waals surface area contributed by atoms with Crippen LogP contribution in [0.15, 0.2) is 29.2 Å². The molecule has 18 heavy (non-hydrogen) atoms. The van der Waals surface area contributed by atoms with Crippen molar-refractivity contribution in [3.05, 3.63) is 29.8 Å². The van der Waals surface area contributed by atoms with Gasteiger partial charge in [0.2, 0.25) is 5.91 Å². The molecule has 0 bridgehead atoms. The summed E-state index contributed by atoms with van der Waals surface area (Å²) >= 11 is 1.45. The topological polar surface area (TPSA) is 66.4 Å². The van der Waals surface area contributed by atoms with Crippen LogP contribution in [0.2, 0.25) is 0 Å². The van der Waals surface area contributed by atoms with Gasteiger partial charge in [0.25, 0.3) is 0 Å². The van der Waals surface area contributed by atoms with E-state index in [1.807, 2.05) is 19.1 Å². The summed E-state index contributed by atoms with van der Waals surface area (Å²) in [4.78, 5) is 22.9. The Morgan fingerprint density at radius 2 is 1.94 bits per heavy atom. The maximum absolute atomic E-state index is 11.4. The highest BCUT2D eigenvalue weighted by Crippen LogP contribution is 2.18. The summed E-state index contributed by atoms with van der Waals surface area (Å²) < 4.78 is 0. The summed E-state index contributed by atoms with van der Waals surface area (Å²) in [5.41, 5.74) is 0.766. The van der Waals surface area contributed by atoms with Crippen molar-refractivity contribution in [2.75, 3.05) is 12.3 Å². The second kappa shape index (κ2) is 7.76. The van der Waals surface area contributed by atoms with Gasteiger partial charge < -0.3 is 10.4 Å². The van der Waals surface area contributed by atoms with Gasteiger partial charge in [0, 0.05) is 11.4 Å². The van der Waals surface area contributed by atoms with Crippen molar-refractivity contribution >= 4 is 23.6 Å². The van der Waals surface area contributed by atoms with Crippen molar-refractivity contribution in [1.82, 2.24) is 5.32 Å². The van der Waals surface area contributed by atoms with Gasteiger partial charge in [-0.3, -0.25) is 9.59 Å². The zero-order valence-corrected chi connectivity index (χ0v) is 11.1. The van der Waals surface area contributed by atoms with Crippen LogP contribution in [0.3, 0.4) is 0 Å². The van der Waals surface area contributed by atoms with Crippen LogP contribution in [0.5, 0.6) is 0 Å². The fourth-order valence-electron chi connectivity index (χ4n) is 1.34. The van der Waals surface area contributed by atoms with E-state index in [1.54, 1.807) is 12.1 Å². The minimum atomic E-state index is -0.839. The molecule has 0 aliphatic carbocycles. The average Bonchev–Trinajstić information content (AvgIpc) is 2.35. The number of amides is 1. The fourth-order valence-corrected chi connectivity index (χ4v) is 2.07. The number of carbonyl (C=O) groups excluding carboxylic acids is 1. The van der Waals surface area contributed by atoms with Crippen molar-refractivity contribution < 1.29 is 14.7 Å². The molecule has 2 N–H and O–H groups in total. The Morgan fingerprint density at radius 3 is 2.50 bits per heavy atom. The number of hydrogen-bond acceptors (Lipinski definition) is 3. The SMILES string of the molecule is CCCNC(=O)CSc1ccc(CC(=O)O)cc1. The van der Waals surface area contributed by atoms with Crippen molar-refractivity contribution in [2.24, 2.45) is 0 Å². The van der Waals surface area contributed by atoms with E-state index in [9.17, 15) is 9.59 Å². The molecule has 0 aromatic heterocycles. The van der Waals surface area contributed by atoms with Gasteiger partial charge in [0.15, 0.2) is 0 Å². The van der Waals surface area contributed by atoms with Crippen LogP contribution in [0.4, 0.5) is 0 Å². The van der Waals surface area contributed by atoms with Crippen LogP contribution in [-0.4, -0.2) is 29.3 Å². The van der Waals surface area contributed by atoms with Crippen molar-refractivity contribution in [3.63, 3.8) is 0 Å². The number of nitrogens with one attached hydrogen (secondary N) is 1. The predicted octanol–water partition coefficient (Wildman–Crippen LogP) is 1.93. The third kappa shape index (κ3) is 5.72. The first kappa shape index (κ1) is 14.6. The molecule has 5 heteroatoms. The molecule has 0 aliphatic rings. The number of rotatable bonds is 7. The van der Waals surface area contributed by atoms with Crippen molar-refractivity contribution in [1.29, 1.82) is 0 Å². The minimum Gasteiger partial charge on any atom is -0.481 e. The Morgan fingerprint density at radius 1 is 1.28 bits per heavy atom. The lowest BCUT2D eigenvalue weighted by molar-refractivity contribution is -0.136. The first-order chi connectivity index (χ1) is 8.61. The van der Waals surface area contributed by atoms with Gasteiger partial charge in [-0.15, -0.1) is 11.8 Å². The Hall–Kier alpha value is -1.49. The average molecular weight is 267 g/mol. The first-order valence-electron chi connectivity index (χ1n) is 5.82. The molecule has 0 fully saturated rings. The highest BCUT2D eigenvalue weighted by Gasteiger charge is 2.03. The quantitative estimate of drug-likeness (QED) is 0.741. The highest BCUT2D eigenvalue weighted by molar-refractivity contribution is 8.00. The lowest BCUT2D eigenvalue weighted by atomic mass is 10.2. The van der Waals surface area contributed by atoms with E-state index in [4.69, 9.17) is 5.11 Å². The van der Waals surface area contributed by atoms with E-state index in [0.29, 0.717) is 12.3 Å². The van der Waals surface area contributed by atoms with Crippen LogP contribution in [0, 0.1) is 0 Å². The number of hydrogen-bond donors (Lipinski definition) is 2. The van der Waals surface area contributed by atoms with E-state index in [2.05, 4.69) is 5.32 Å². The minimum absolute atomic E-state index is 0.0245. The Labute approximate surface area is 111 Å². The van der Waals surface area contributed by atoms with Crippen LogP contribution < -0.4 is 5.32 Å². The Balaban J connectivity index is 2.39. The largest absolute Gasteiger partial charge is 0.481 e. The first-order valence-corrected chi connectivity index (χ1v) is 6.80. The molecule has 1 aromatic carbocycles. The number of thioether (sulfide) groups is 1. The maximum Gasteiger partial charge on any atom is 0.307 e. The summed E-state index contributed by atoms with van der Waals surface area (Å²) in [6.07, 6.45) is 0.961. The Bertz CT molecular complexity index is 403. The third-order valence-corrected chi connectivity index (χ3v) is 3.23. The summed E-state index contributed by atoms with van der Waals surface area (Å²) in [5, 5.41) is 11.4. The van der Waals surface area contributed by atoms with Gasteiger partial charge in [0.05, 0.1) is 12.2 Å². The summed E-state index contributed by atoms with van der Waals surface area (Å²) in [7, 11) is 0. The molecule has 0 radical (unpaired) electrons. The number of carboxylic acid groups (broad SMARTS) is 1. The molecule has 4 nitrogen and oxygen atoms in total. The molecular formula is C13H17NO3S. The summed E-state index contributed by atoms with van der Waals surface area (Å²) in [5.74, 6) is -0.427. The normalized spacial score (nSPS) is 10.1. The van der Waals surface area contributed by atoms with Gasteiger partial charge >= 0.3 is 5.97 Å². The molecule has 0 saturated carbocycles. The standard InChI is InChI=1S/C13H17NO3S/c1-2-7-14-12(15)9-18-11-5-3-10(4-6-11)8-13(16)17/h3-6H,2,7-9H2,1H3,(H,14,15)(H,16,17). The van der Waals surface area contributed by atoms with Gasteiger partial charge in [-0.25, -0.2) is 0 Å². The number of aliphatic carboxylic acids is 1. The number of benzene rings is 1. The van der Waals surface area contributed by atoms with E-state index < -0.39 is 5.97 Å². The zero-order chi connectivity index (χ0) is 13.4. The lowest BCUT2D eigenvalue weighted by Gasteiger charge is -2.04. The molecule has 98 valence electrons. The maximum atomic E-state index is 11.4. The number of carbonyl (C=O) groups is 2. The molecule has 0 saturated heterocycles. The van der Waals surface area contributed by atoms with Crippen LogP contribution >= 0.6 is 11.8 Å². The van der Waals surface area contributed by atoms with E-state index >= 15 is 0 Å². The van der Waals surface area contributed by atoms with Crippen molar-refractivity contribution in [2.45, 2.75) is 24.7 Å². The van der Waals surface area contributed by atoms with E-state index in [0.717, 1.165) is 16.9 Å². The molecular weight excluding hydrogens is 250 g/mol. The monoisotopic (exact) mass is 267 g/mol. The zero-order valence-electron chi connectivity index (χ0n) is 10.3. The summed E-state index contributed by atoms with van der Waals surface area (Å²) in [6, 6.07) is 7.24. The van der Waals surface area contributed by atoms with E-state index in [1.165, 1.54) is 11.8 Å². The molecule has 0 aliphatic heterocycles. The molecule has 0 atom stereocenters.